The summed E-state index contributed by atoms with van der Waals surface area (Å²) in [5.74, 6) is -0.0614. The quantitative estimate of drug-likeness (QED) is 0.633. The molecular weight excluding hydrogens is 427 g/mol. The number of hydrogen-bond acceptors (Lipinski definition) is 3. The highest BCUT2D eigenvalue weighted by Gasteiger charge is 2.31. The fourth-order valence-electron chi connectivity index (χ4n) is 4.64. The van der Waals surface area contributed by atoms with Gasteiger partial charge in [0.15, 0.2) is 0 Å². The largest absolute Gasteiger partial charge is 0.334 e. The van der Waals surface area contributed by atoms with Gasteiger partial charge < -0.3 is 4.90 Å². The van der Waals surface area contributed by atoms with E-state index in [1.165, 1.54) is 23.8 Å². The van der Waals surface area contributed by atoms with Crippen LogP contribution in [0.3, 0.4) is 0 Å². The minimum Gasteiger partial charge on any atom is -0.334 e. The van der Waals surface area contributed by atoms with Crippen LogP contribution < -0.4 is 0 Å². The van der Waals surface area contributed by atoms with Crippen LogP contribution in [-0.2, 0) is 17.6 Å². The summed E-state index contributed by atoms with van der Waals surface area (Å²) in [4.78, 5) is 31.9. The standard InChI is InChI=1S/C26H24ClFN2O2/c1-15-14-30(26(32)21-8-7-17(28)11-23(21)27)10-9-19(15)22-12-18(13-25(31)16-5-6-16)29-24-4-2-3-20(22)24/h2-3,7-9,11-12,15-16H,4-6,10,13-14H2,1H3. The molecule has 0 saturated heterocycles. The van der Waals surface area contributed by atoms with Crippen LogP contribution >= 0.6 is 11.6 Å². The minimum absolute atomic E-state index is 0.0967. The molecule has 0 radical (unpaired) electrons. The number of nitrogens with zero attached hydrogens (tertiary/aromatic N) is 2. The molecule has 2 aromatic rings. The smallest absolute Gasteiger partial charge is 0.255 e. The van der Waals surface area contributed by atoms with E-state index in [-0.39, 0.29) is 28.5 Å². The molecular formula is C26H24ClFN2O2. The lowest BCUT2D eigenvalue weighted by molar-refractivity contribution is -0.119. The lowest BCUT2D eigenvalue weighted by Crippen LogP contribution is -2.38. The Bertz CT molecular complexity index is 1180. The summed E-state index contributed by atoms with van der Waals surface area (Å²) in [7, 11) is 0. The van der Waals surface area contributed by atoms with E-state index in [1.54, 1.807) is 4.90 Å². The zero-order valence-electron chi connectivity index (χ0n) is 17.9. The van der Waals surface area contributed by atoms with Crippen molar-refractivity contribution in [3.05, 3.63) is 75.3 Å². The van der Waals surface area contributed by atoms with Crippen molar-refractivity contribution in [3.63, 3.8) is 0 Å². The van der Waals surface area contributed by atoms with E-state index in [2.05, 4.69) is 31.2 Å². The molecule has 2 heterocycles. The van der Waals surface area contributed by atoms with E-state index in [0.717, 1.165) is 41.8 Å². The van der Waals surface area contributed by atoms with Crippen LogP contribution in [-0.4, -0.2) is 34.7 Å². The van der Waals surface area contributed by atoms with Crippen molar-refractivity contribution in [3.8, 4) is 0 Å². The summed E-state index contributed by atoms with van der Waals surface area (Å²) in [5.41, 5.74) is 5.57. The molecule has 2 aliphatic carbocycles. The lowest BCUT2D eigenvalue weighted by Gasteiger charge is -2.32. The number of rotatable bonds is 5. The van der Waals surface area contributed by atoms with Crippen molar-refractivity contribution >= 4 is 34.9 Å². The molecule has 32 heavy (non-hydrogen) atoms. The summed E-state index contributed by atoms with van der Waals surface area (Å²) in [6.07, 6.45) is 9.47. The van der Waals surface area contributed by atoms with E-state index in [1.807, 2.05) is 0 Å². The topological polar surface area (TPSA) is 50.3 Å². The SMILES string of the molecule is CC1CN(C(=O)c2ccc(F)cc2Cl)CC=C1c1cc(CC(=O)C2CC2)nc2c1C=CC2. The average molecular weight is 451 g/mol. The zero-order valence-corrected chi connectivity index (χ0v) is 18.7. The second kappa shape index (κ2) is 8.28. The molecule has 1 amide bonds. The van der Waals surface area contributed by atoms with Crippen LogP contribution in [0.4, 0.5) is 4.39 Å². The first kappa shape index (κ1) is 21.1. The van der Waals surface area contributed by atoms with Crippen molar-refractivity contribution in [2.45, 2.75) is 32.6 Å². The molecule has 1 aromatic carbocycles. The number of ketones is 1. The normalized spacial score (nSPS) is 19.7. The van der Waals surface area contributed by atoms with Gasteiger partial charge in [-0.05, 0) is 54.2 Å². The number of carbonyl (C=O) groups excluding carboxylic acids is 2. The van der Waals surface area contributed by atoms with Gasteiger partial charge in [-0.1, -0.05) is 36.8 Å². The minimum atomic E-state index is -0.462. The lowest BCUT2D eigenvalue weighted by atomic mass is 9.87. The van der Waals surface area contributed by atoms with Crippen LogP contribution in [0.15, 0.2) is 36.4 Å². The molecule has 0 N–H and O–H groups in total. The number of aromatic nitrogens is 1. The van der Waals surface area contributed by atoms with Crippen LogP contribution in [0.2, 0.25) is 5.02 Å². The highest BCUT2D eigenvalue weighted by atomic mass is 35.5. The molecule has 1 aromatic heterocycles. The molecule has 5 rings (SSSR count). The number of benzene rings is 1. The van der Waals surface area contributed by atoms with E-state index in [0.29, 0.717) is 25.1 Å². The number of allylic oxidation sites excluding steroid dienone is 1. The first-order valence-electron chi connectivity index (χ1n) is 11.1. The van der Waals surface area contributed by atoms with Gasteiger partial charge in [0.25, 0.3) is 5.91 Å². The average Bonchev–Trinajstić information content (AvgIpc) is 3.51. The van der Waals surface area contributed by atoms with Gasteiger partial charge in [-0.3, -0.25) is 14.6 Å². The van der Waals surface area contributed by atoms with Crippen molar-refractivity contribution in [2.24, 2.45) is 11.8 Å². The van der Waals surface area contributed by atoms with Gasteiger partial charge in [0.05, 0.1) is 16.3 Å². The van der Waals surface area contributed by atoms with Gasteiger partial charge in [0, 0.05) is 43.1 Å². The van der Waals surface area contributed by atoms with Gasteiger partial charge in [-0.15, -0.1) is 0 Å². The molecule has 1 fully saturated rings. The molecule has 1 atom stereocenters. The number of halogens is 2. The molecule has 3 aliphatic rings. The number of carbonyl (C=O) groups is 2. The maximum Gasteiger partial charge on any atom is 0.255 e. The van der Waals surface area contributed by atoms with Gasteiger partial charge in [-0.25, -0.2) is 4.39 Å². The van der Waals surface area contributed by atoms with Crippen molar-refractivity contribution in [2.75, 3.05) is 13.1 Å². The Hall–Kier alpha value is -2.79. The third-order valence-corrected chi connectivity index (χ3v) is 6.80. The number of pyridine rings is 1. The fraction of sp³-hybridized carbons (Fsp3) is 0.346. The molecule has 1 unspecified atom stereocenters. The number of Topliss-reactive ketones (excluding diaryl/α,β-unsaturated/α-hetero) is 1. The molecule has 1 saturated carbocycles. The fourth-order valence-corrected chi connectivity index (χ4v) is 4.89. The third kappa shape index (κ3) is 4.02. The Morgan fingerprint density at radius 3 is 2.78 bits per heavy atom. The third-order valence-electron chi connectivity index (χ3n) is 6.49. The summed E-state index contributed by atoms with van der Waals surface area (Å²) in [5, 5.41) is 0.125. The van der Waals surface area contributed by atoms with Gasteiger partial charge in [0.1, 0.15) is 11.6 Å². The van der Waals surface area contributed by atoms with E-state index >= 15 is 0 Å². The van der Waals surface area contributed by atoms with Crippen molar-refractivity contribution in [1.82, 2.24) is 9.88 Å². The molecule has 0 bridgehead atoms. The predicted molar refractivity (Wildman–Crippen MR) is 123 cm³/mol. The maximum absolute atomic E-state index is 13.4. The van der Waals surface area contributed by atoms with E-state index in [4.69, 9.17) is 16.6 Å². The Balaban J connectivity index is 1.42. The summed E-state index contributed by atoms with van der Waals surface area (Å²) >= 11 is 6.11. The van der Waals surface area contributed by atoms with Crippen LogP contribution in [0.25, 0.3) is 11.6 Å². The second-order valence-corrected chi connectivity index (χ2v) is 9.35. The Morgan fingerprint density at radius 1 is 1.25 bits per heavy atom. The molecule has 0 spiro atoms. The summed E-state index contributed by atoms with van der Waals surface area (Å²) in [6.45, 7) is 3.08. The molecule has 6 heteroatoms. The zero-order chi connectivity index (χ0) is 22.4. The molecule has 164 valence electrons. The second-order valence-electron chi connectivity index (χ2n) is 8.94. The monoisotopic (exact) mass is 450 g/mol. The van der Waals surface area contributed by atoms with Crippen LogP contribution in [0.1, 0.15) is 52.6 Å². The van der Waals surface area contributed by atoms with Gasteiger partial charge >= 0.3 is 0 Å². The highest BCUT2D eigenvalue weighted by Crippen LogP contribution is 2.36. The van der Waals surface area contributed by atoms with Crippen LogP contribution in [0, 0.1) is 17.7 Å². The highest BCUT2D eigenvalue weighted by molar-refractivity contribution is 6.33. The number of fused-ring (bicyclic) bond motifs is 1. The van der Waals surface area contributed by atoms with Gasteiger partial charge in [-0.2, -0.15) is 0 Å². The summed E-state index contributed by atoms with van der Waals surface area (Å²) in [6, 6.07) is 5.92. The molecule has 1 aliphatic heterocycles. The Labute approximate surface area is 191 Å². The number of hydrogen-bond donors (Lipinski definition) is 0. The molecule has 4 nitrogen and oxygen atoms in total. The van der Waals surface area contributed by atoms with E-state index < -0.39 is 5.82 Å². The Morgan fingerprint density at radius 2 is 2.06 bits per heavy atom. The maximum atomic E-state index is 13.4. The predicted octanol–water partition coefficient (Wildman–Crippen LogP) is 5.14. The first-order valence-corrected chi connectivity index (χ1v) is 11.5. The Kier molecular flexibility index (Phi) is 5.46. The van der Waals surface area contributed by atoms with E-state index in [9.17, 15) is 14.0 Å². The first-order chi connectivity index (χ1) is 15.4. The number of amides is 1. The van der Waals surface area contributed by atoms with Gasteiger partial charge in [0.2, 0.25) is 0 Å². The van der Waals surface area contributed by atoms with Crippen molar-refractivity contribution in [1.29, 1.82) is 0 Å². The van der Waals surface area contributed by atoms with Crippen molar-refractivity contribution < 1.29 is 14.0 Å². The summed E-state index contributed by atoms with van der Waals surface area (Å²) < 4.78 is 13.4. The van der Waals surface area contributed by atoms with Crippen LogP contribution in [0.5, 0.6) is 0 Å².